The average Bonchev–Trinajstić information content (AvgIpc) is 2.74. The summed E-state index contributed by atoms with van der Waals surface area (Å²) < 4.78 is 28.6. The van der Waals surface area contributed by atoms with Crippen molar-refractivity contribution in [1.82, 2.24) is 15.0 Å². The Morgan fingerprint density at radius 1 is 1.20 bits per heavy atom. The van der Waals surface area contributed by atoms with Gasteiger partial charge in [0.15, 0.2) is 5.82 Å². The number of halogens is 3. The first-order chi connectivity index (χ1) is 14.4. The van der Waals surface area contributed by atoms with Gasteiger partial charge in [-0.05, 0) is 59.3 Å². The first kappa shape index (κ1) is 20.6. The number of nitrogens with zero attached hydrogens (tertiary/aromatic N) is 4. The van der Waals surface area contributed by atoms with Gasteiger partial charge in [0.1, 0.15) is 17.5 Å². The van der Waals surface area contributed by atoms with Crippen LogP contribution in [0, 0.1) is 17.6 Å². The maximum absolute atomic E-state index is 14.5. The van der Waals surface area contributed by atoms with Crippen LogP contribution in [0.4, 0.5) is 14.6 Å². The van der Waals surface area contributed by atoms with Gasteiger partial charge in [-0.15, -0.1) is 0 Å². The van der Waals surface area contributed by atoms with Crippen LogP contribution < -0.4 is 4.90 Å². The van der Waals surface area contributed by atoms with Gasteiger partial charge in [-0.25, -0.2) is 18.7 Å². The topological polar surface area (TPSA) is 79.2 Å². The van der Waals surface area contributed by atoms with E-state index in [9.17, 15) is 13.6 Å². The van der Waals surface area contributed by atoms with Gasteiger partial charge in [0.2, 0.25) is 0 Å². The molecule has 30 heavy (non-hydrogen) atoms. The van der Waals surface area contributed by atoms with Crippen LogP contribution in [0.25, 0.3) is 22.3 Å². The Morgan fingerprint density at radius 3 is 2.70 bits per heavy atom. The van der Waals surface area contributed by atoms with E-state index in [-0.39, 0.29) is 22.3 Å². The Hall–Kier alpha value is -2.68. The molecule has 0 radical (unpaired) electrons. The fraction of sp³-hybridized carbons (Fsp3) is 0.333. The Morgan fingerprint density at radius 2 is 1.97 bits per heavy atom. The quantitative estimate of drug-likeness (QED) is 0.532. The summed E-state index contributed by atoms with van der Waals surface area (Å²) in [6.45, 7) is 1.39. The van der Waals surface area contributed by atoms with Crippen LogP contribution in [-0.4, -0.2) is 39.1 Å². The first-order valence-corrected chi connectivity index (χ1v) is 10.4. The van der Waals surface area contributed by atoms with E-state index < -0.39 is 17.6 Å². The summed E-state index contributed by atoms with van der Waals surface area (Å²) in [6.07, 6.45) is 5.78. The van der Waals surface area contributed by atoms with E-state index in [1.807, 2.05) is 0 Å². The predicted molar refractivity (Wildman–Crippen MR) is 112 cm³/mol. The normalized spacial score (nSPS) is 15.0. The van der Waals surface area contributed by atoms with Gasteiger partial charge < -0.3 is 10.0 Å². The number of aromatic nitrogens is 3. The third kappa shape index (κ3) is 4.26. The molecule has 9 heteroatoms. The minimum atomic E-state index is -0.779. The molecular formula is C21H19BrF2N4O2. The zero-order valence-electron chi connectivity index (χ0n) is 16.0. The molecule has 1 N–H and O–H groups in total. The van der Waals surface area contributed by atoms with E-state index >= 15 is 0 Å². The first-order valence-electron chi connectivity index (χ1n) is 9.66. The second kappa shape index (κ2) is 8.59. The molecule has 4 rings (SSSR count). The number of fused-ring (bicyclic) bond motifs is 1. The summed E-state index contributed by atoms with van der Waals surface area (Å²) in [5, 5.41) is 9.63. The maximum Gasteiger partial charge on any atom is 0.303 e. The van der Waals surface area contributed by atoms with E-state index in [4.69, 9.17) is 5.11 Å². The average molecular weight is 477 g/mol. The molecule has 0 saturated carbocycles. The molecule has 0 spiro atoms. The SMILES string of the molecule is O=C(O)CCC1CCN(c2nc(-c3cc(F)c(Br)cc3F)nc3ccncc23)CC1. The molecule has 3 heterocycles. The van der Waals surface area contributed by atoms with Crippen molar-refractivity contribution in [1.29, 1.82) is 0 Å². The van der Waals surface area contributed by atoms with Crippen molar-refractivity contribution >= 4 is 38.6 Å². The highest BCUT2D eigenvalue weighted by atomic mass is 79.9. The largest absolute Gasteiger partial charge is 0.481 e. The maximum atomic E-state index is 14.5. The fourth-order valence-corrected chi connectivity index (χ4v) is 4.09. The van der Waals surface area contributed by atoms with Gasteiger partial charge in [-0.3, -0.25) is 9.78 Å². The lowest BCUT2D eigenvalue weighted by molar-refractivity contribution is -0.137. The summed E-state index contributed by atoms with van der Waals surface area (Å²) >= 11 is 2.99. The van der Waals surface area contributed by atoms with Crippen LogP contribution in [0.3, 0.4) is 0 Å². The van der Waals surface area contributed by atoms with Crippen molar-refractivity contribution in [3.8, 4) is 11.4 Å². The molecule has 0 unspecified atom stereocenters. The molecule has 6 nitrogen and oxygen atoms in total. The van der Waals surface area contributed by atoms with Gasteiger partial charge in [0.25, 0.3) is 0 Å². The van der Waals surface area contributed by atoms with Crippen LogP contribution in [0.2, 0.25) is 0 Å². The van der Waals surface area contributed by atoms with Gasteiger partial charge in [-0.1, -0.05) is 0 Å². The lowest BCUT2D eigenvalue weighted by Crippen LogP contribution is -2.34. The number of hydrogen-bond acceptors (Lipinski definition) is 5. The van der Waals surface area contributed by atoms with Gasteiger partial charge >= 0.3 is 5.97 Å². The number of aliphatic carboxylic acids is 1. The molecule has 0 bridgehead atoms. The number of benzene rings is 1. The molecule has 1 aliphatic heterocycles. The number of pyridine rings is 1. The zero-order chi connectivity index (χ0) is 21.3. The molecule has 1 saturated heterocycles. The predicted octanol–water partition coefficient (Wildman–Crippen LogP) is 4.81. The van der Waals surface area contributed by atoms with E-state index in [0.29, 0.717) is 36.8 Å². The second-order valence-electron chi connectivity index (χ2n) is 7.37. The number of rotatable bonds is 5. The molecule has 2 aromatic heterocycles. The molecule has 1 aliphatic rings. The van der Waals surface area contributed by atoms with E-state index in [1.54, 1.807) is 18.5 Å². The monoisotopic (exact) mass is 476 g/mol. The van der Waals surface area contributed by atoms with Crippen molar-refractivity contribution in [3.05, 3.63) is 46.7 Å². The molecule has 0 amide bonds. The molecule has 1 fully saturated rings. The summed E-state index contributed by atoms with van der Waals surface area (Å²) in [5.41, 5.74) is 0.590. The minimum Gasteiger partial charge on any atom is -0.481 e. The van der Waals surface area contributed by atoms with Gasteiger partial charge in [0.05, 0.1) is 20.9 Å². The third-order valence-electron chi connectivity index (χ3n) is 5.41. The van der Waals surface area contributed by atoms with Gasteiger partial charge in [-0.2, -0.15) is 0 Å². The second-order valence-corrected chi connectivity index (χ2v) is 8.23. The molecule has 3 aromatic rings. The lowest BCUT2D eigenvalue weighted by Gasteiger charge is -2.33. The van der Waals surface area contributed by atoms with Crippen LogP contribution in [0.5, 0.6) is 0 Å². The molecule has 0 aliphatic carbocycles. The number of anilines is 1. The zero-order valence-corrected chi connectivity index (χ0v) is 17.6. The third-order valence-corrected chi connectivity index (χ3v) is 6.02. The Balaban J connectivity index is 1.69. The van der Waals surface area contributed by atoms with Crippen molar-refractivity contribution in [2.45, 2.75) is 25.7 Å². The molecular weight excluding hydrogens is 458 g/mol. The Kier molecular flexibility index (Phi) is 5.90. The summed E-state index contributed by atoms with van der Waals surface area (Å²) in [5.74, 6) is -0.900. The van der Waals surface area contributed by atoms with Crippen LogP contribution in [0.15, 0.2) is 35.1 Å². The molecule has 1 aromatic carbocycles. The van der Waals surface area contributed by atoms with Crippen molar-refractivity contribution in [3.63, 3.8) is 0 Å². The van der Waals surface area contributed by atoms with Crippen LogP contribution in [-0.2, 0) is 4.79 Å². The van der Waals surface area contributed by atoms with Crippen LogP contribution >= 0.6 is 15.9 Å². The number of carboxylic acid groups (broad SMARTS) is 1. The number of hydrogen-bond donors (Lipinski definition) is 1. The van der Waals surface area contributed by atoms with E-state index in [1.165, 1.54) is 0 Å². The molecule has 0 atom stereocenters. The summed E-state index contributed by atoms with van der Waals surface area (Å²) in [6, 6.07) is 3.87. The highest BCUT2D eigenvalue weighted by Gasteiger charge is 2.24. The Labute approximate surface area is 180 Å². The van der Waals surface area contributed by atoms with Crippen molar-refractivity contribution in [2.24, 2.45) is 5.92 Å². The van der Waals surface area contributed by atoms with E-state index in [0.717, 1.165) is 30.4 Å². The summed E-state index contributed by atoms with van der Waals surface area (Å²) in [7, 11) is 0. The number of carboxylic acids is 1. The molecule has 156 valence electrons. The lowest BCUT2D eigenvalue weighted by atomic mass is 9.92. The minimum absolute atomic E-state index is 0.00740. The highest BCUT2D eigenvalue weighted by Crippen LogP contribution is 2.33. The summed E-state index contributed by atoms with van der Waals surface area (Å²) in [4.78, 5) is 26.1. The smallest absolute Gasteiger partial charge is 0.303 e. The van der Waals surface area contributed by atoms with Crippen molar-refractivity contribution in [2.75, 3.05) is 18.0 Å². The number of piperidine rings is 1. The number of carbonyl (C=O) groups is 1. The fourth-order valence-electron chi connectivity index (χ4n) is 3.77. The Bertz CT molecular complexity index is 1100. The van der Waals surface area contributed by atoms with Gasteiger partial charge in [0, 0.05) is 31.9 Å². The standard InChI is InChI=1S/C21H19BrF2N4O2/c22-15-10-16(23)13(9-17(15)24)20-26-18-3-6-25-11-14(18)21(27-20)28-7-4-12(5-8-28)1-2-19(29)30/h3,6,9-12H,1-2,4-5,7-8H2,(H,29,30). The van der Waals surface area contributed by atoms with E-state index in [2.05, 4.69) is 35.8 Å². The van der Waals surface area contributed by atoms with Crippen molar-refractivity contribution < 1.29 is 18.7 Å². The van der Waals surface area contributed by atoms with Crippen LogP contribution in [0.1, 0.15) is 25.7 Å². The highest BCUT2D eigenvalue weighted by molar-refractivity contribution is 9.10.